The van der Waals surface area contributed by atoms with Gasteiger partial charge in [0, 0.05) is 5.69 Å². The van der Waals surface area contributed by atoms with Crippen molar-refractivity contribution in [2.75, 3.05) is 18.5 Å². The van der Waals surface area contributed by atoms with Crippen molar-refractivity contribution in [2.24, 2.45) is 0 Å². The van der Waals surface area contributed by atoms with Crippen molar-refractivity contribution >= 4 is 11.8 Å². The number of hydrogen-bond acceptors (Lipinski definition) is 4. The van der Waals surface area contributed by atoms with E-state index in [1.807, 2.05) is 54.6 Å². The van der Waals surface area contributed by atoms with Crippen LogP contribution in [0.5, 0.6) is 5.75 Å². The molecule has 0 heterocycles. The van der Waals surface area contributed by atoms with Crippen molar-refractivity contribution in [3.8, 4) is 16.9 Å². The van der Waals surface area contributed by atoms with Crippen molar-refractivity contribution in [3.63, 3.8) is 0 Å². The first-order valence-electron chi connectivity index (χ1n) is 8.65. The maximum atomic E-state index is 11.8. The molecule has 3 aromatic carbocycles. The van der Waals surface area contributed by atoms with Gasteiger partial charge in [-0.25, -0.2) is 4.79 Å². The summed E-state index contributed by atoms with van der Waals surface area (Å²) in [7, 11) is 0. The Balaban J connectivity index is 1.39. The quantitative estimate of drug-likeness (QED) is 0.590. The largest absolute Gasteiger partial charge is 0.508 e. The number of carbonyl (C=O) groups excluding carboxylic acids is 1. The molecule has 0 aliphatic rings. The summed E-state index contributed by atoms with van der Waals surface area (Å²) in [5.74, 6) is 0.229. The third-order valence-corrected chi connectivity index (χ3v) is 3.90. The lowest BCUT2D eigenvalue weighted by Gasteiger charge is -2.09. The first-order valence-corrected chi connectivity index (χ1v) is 8.65. The van der Waals surface area contributed by atoms with Gasteiger partial charge in [-0.2, -0.15) is 0 Å². The molecule has 1 amide bonds. The Morgan fingerprint density at radius 1 is 0.815 bits per heavy atom. The van der Waals surface area contributed by atoms with Gasteiger partial charge in [-0.15, -0.1) is 0 Å². The Kier molecular flexibility index (Phi) is 6.44. The second kappa shape index (κ2) is 9.40. The van der Waals surface area contributed by atoms with Gasteiger partial charge in [0.2, 0.25) is 0 Å². The summed E-state index contributed by atoms with van der Waals surface area (Å²) in [4.78, 5) is 11.8. The number of amides is 1. The fraction of sp³-hybridized carbons (Fsp3) is 0.136. The van der Waals surface area contributed by atoms with E-state index in [9.17, 15) is 9.90 Å². The van der Waals surface area contributed by atoms with Crippen LogP contribution < -0.4 is 5.32 Å². The minimum atomic E-state index is -0.518. The van der Waals surface area contributed by atoms with Crippen LogP contribution in [-0.4, -0.2) is 24.4 Å². The molecule has 5 nitrogen and oxygen atoms in total. The number of aromatic hydroxyl groups is 1. The second-order valence-electron chi connectivity index (χ2n) is 5.92. The molecule has 0 spiro atoms. The first-order chi connectivity index (χ1) is 13.2. The van der Waals surface area contributed by atoms with E-state index in [0.29, 0.717) is 18.9 Å². The second-order valence-corrected chi connectivity index (χ2v) is 5.92. The number of ether oxygens (including phenoxy) is 2. The number of phenolic OH excluding ortho intramolecular Hbond substituents is 1. The Bertz CT molecular complexity index is 846. The number of carbonyl (C=O) groups is 1. The van der Waals surface area contributed by atoms with Crippen LogP contribution in [0.25, 0.3) is 11.1 Å². The zero-order valence-electron chi connectivity index (χ0n) is 14.8. The van der Waals surface area contributed by atoms with Crippen LogP contribution in [-0.2, 0) is 16.1 Å². The van der Waals surface area contributed by atoms with E-state index in [-0.39, 0.29) is 12.4 Å². The van der Waals surface area contributed by atoms with E-state index in [1.165, 1.54) is 0 Å². The maximum absolute atomic E-state index is 11.8. The average Bonchev–Trinajstić information content (AvgIpc) is 2.70. The van der Waals surface area contributed by atoms with Crippen molar-refractivity contribution < 1.29 is 19.4 Å². The van der Waals surface area contributed by atoms with Gasteiger partial charge in [-0.3, -0.25) is 5.32 Å². The SMILES string of the molecule is O=C(Nc1ccc(-c2ccc(O)cc2)cc1)OCCOCc1ccccc1. The zero-order valence-corrected chi connectivity index (χ0v) is 14.8. The number of benzene rings is 3. The van der Waals surface area contributed by atoms with Gasteiger partial charge in [-0.05, 0) is 41.0 Å². The van der Waals surface area contributed by atoms with E-state index in [1.54, 1.807) is 24.3 Å². The summed E-state index contributed by atoms with van der Waals surface area (Å²) < 4.78 is 10.6. The van der Waals surface area contributed by atoms with Gasteiger partial charge >= 0.3 is 6.09 Å². The van der Waals surface area contributed by atoms with Crippen LogP contribution in [0.1, 0.15) is 5.56 Å². The van der Waals surface area contributed by atoms with Crippen LogP contribution >= 0.6 is 0 Å². The molecule has 5 heteroatoms. The predicted molar refractivity (Wildman–Crippen MR) is 105 cm³/mol. The Labute approximate surface area is 158 Å². The summed E-state index contributed by atoms with van der Waals surface area (Å²) in [6, 6.07) is 24.2. The zero-order chi connectivity index (χ0) is 18.9. The van der Waals surface area contributed by atoms with Crippen LogP contribution in [0.4, 0.5) is 10.5 Å². The predicted octanol–water partition coefficient (Wildman–Crippen LogP) is 4.82. The molecule has 0 saturated heterocycles. The highest BCUT2D eigenvalue weighted by Crippen LogP contribution is 2.23. The van der Waals surface area contributed by atoms with Gasteiger partial charge < -0.3 is 14.6 Å². The fourth-order valence-corrected chi connectivity index (χ4v) is 2.51. The van der Waals surface area contributed by atoms with Crippen LogP contribution in [0.15, 0.2) is 78.9 Å². The molecule has 2 N–H and O–H groups in total. The molecule has 0 aromatic heterocycles. The number of phenols is 1. The third-order valence-electron chi connectivity index (χ3n) is 3.90. The molecule has 0 bridgehead atoms. The van der Waals surface area contributed by atoms with Gasteiger partial charge in [0.25, 0.3) is 0 Å². The molecule has 0 fully saturated rings. The van der Waals surface area contributed by atoms with Crippen molar-refractivity contribution in [2.45, 2.75) is 6.61 Å². The topological polar surface area (TPSA) is 67.8 Å². The molecule has 0 radical (unpaired) electrons. The lowest BCUT2D eigenvalue weighted by molar-refractivity contribution is 0.0696. The molecule has 0 aliphatic carbocycles. The Hall–Kier alpha value is -3.31. The summed E-state index contributed by atoms with van der Waals surface area (Å²) in [5.41, 5.74) is 3.70. The van der Waals surface area contributed by atoms with Crippen molar-refractivity contribution in [1.82, 2.24) is 0 Å². The van der Waals surface area contributed by atoms with Crippen molar-refractivity contribution in [3.05, 3.63) is 84.4 Å². The minimum absolute atomic E-state index is 0.185. The van der Waals surface area contributed by atoms with Crippen LogP contribution in [0.3, 0.4) is 0 Å². The summed E-state index contributed by atoms with van der Waals surface area (Å²) >= 11 is 0. The minimum Gasteiger partial charge on any atom is -0.508 e. The Morgan fingerprint density at radius 2 is 1.44 bits per heavy atom. The van der Waals surface area contributed by atoms with Gasteiger partial charge in [0.05, 0.1) is 13.2 Å². The standard InChI is InChI=1S/C22H21NO4/c24-21-12-8-19(9-13-21)18-6-10-20(11-7-18)23-22(25)27-15-14-26-16-17-4-2-1-3-5-17/h1-13,24H,14-16H2,(H,23,25). The summed E-state index contributed by atoms with van der Waals surface area (Å²) in [5, 5.41) is 12.0. The lowest BCUT2D eigenvalue weighted by atomic mass is 10.1. The smallest absolute Gasteiger partial charge is 0.411 e. The van der Waals surface area contributed by atoms with E-state index in [2.05, 4.69) is 5.32 Å². The van der Waals surface area contributed by atoms with Crippen LogP contribution in [0, 0.1) is 0 Å². The monoisotopic (exact) mass is 363 g/mol. The summed E-state index contributed by atoms with van der Waals surface area (Å²) in [6.45, 7) is 1.01. The molecule has 0 atom stereocenters. The summed E-state index contributed by atoms with van der Waals surface area (Å²) in [6.07, 6.45) is -0.518. The average molecular weight is 363 g/mol. The highest BCUT2D eigenvalue weighted by atomic mass is 16.6. The van der Waals surface area contributed by atoms with Gasteiger partial charge in [0.15, 0.2) is 0 Å². The van der Waals surface area contributed by atoms with E-state index >= 15 is 0 Å². The highest BCUT2D eigenvalue weighted by Gasteiger charge is 2.04. The fourth-order valence-electron chi connectivity index (χ4n) is 2.51. The van der Waals surface area contributed by atoms with E-state index in [0.717, 1.165) is 16.7 Å². The first kappa shape index (κ1) is 18.5. The molecule has 3 aromatic rings. The molecule has 138 valence electrons. The molecule has 3 rings (SSSR count). The third kappa shape index (κ3) is 5.87. The normalized spacial score (nSPS) is 10.4. The van der Waals surface area contributed by atoms with E-state index < -0.39 is 6.09 Å². The molecule has 0 saturated carbocycles. The van der Waals surface area contributed by atoms with Crippen molar-refractivity contribution in [1.29, 1.82) is 0 Å². The molecular weight excluding hydrogens is 342 g/mol. The number of rotatable bonds is 7. The number of nitrogens with one attached hydrogen (secondary N) is 1. The maximum Gasteiger partial charge on any atom is 0.411 e. The van der Waals surface area contributed by atoms with Gasteiger partial charge in [-0.1, -0.05) is 54.6 Å². The number of hydrogen-bond donors (Lipinski definition) is 2. The Morgan fingerprint density at radius 3 is 2.11 bits per heavy atom. The van der Waals surface area contributed by atoms with Crippen LogP contribution in [0.2, 0.25) is 0 Å². The molecular formula is C22H21NO4. The van der Waals surface area contributed by atoms with Gasteiger partial charge in [0.1, 0.15) is 12.4 Å². The molecule has 0 unspecified atom stereocenters. The highest BCUT2D eigenvalue weighted by molar-refractivity contribution is 5.85. The van der Waals surface area contributed by atoms with E-state index in [4.69, 9.17) is 9.47 Å². The number of anilines is 1. The lowest BCUT2D eigenvalue weighted by Crippen LogP contribution is -2.16. The molecule has 27 heavy (non-hydrogen) atoms. The molecule has 0 aliphatic heterocycles.